The molecule has 0 unspecified atom stereocenters. The van der Waals surface area contributed by atoms with E-state index in [0.29, 0.717) is 18.0 Å². The monoisotopic (exact) mass is 379 g/mol. The van der Waals surface area contributed by atoms with Crippen molar-refractivity contribution in [2.24, 2.45) is 0 Å². The Balaban J connectivity index is 1.32. The number of aromatic nitrogens is 4. The first-order valence-electron chi connectivity index (χ1n) is 10.5. The standard InChI is InChI=1S/C21H29N7/c1-26(2)18-13-19(25-14-24-18)28(16-5-6-16)17-7-11-27(12-8-17)21-20(15-3-4-15)22-9-10-23-21/h9-10,13-17H,3-8,11-12H2,1-2H3. The van der Waals surface area contributed by atoms with E-state index in [-0.39, 0.29) is 0 Å². The summed E-state index contributed by atoms with van der Waals surface area (Å²) in [7, 11) is 4.06. The minimum Gasteiger partial charge on any atom is -0.363 e. The first kappa shape index (κ1) is 17.6. The molecule has 3 aliphatic rings. The number of nitrogens with zero attached hydrogens (tertiary/aromatic N) is 7. The predicted octanol–water partition coefficient (Wildman–Crippen LogP) is 2.85. The first-order valence-corrected chi connectivity index (χ1v) is 10.5. The van der Waals surface area contributed by atoms with Crippen molar-refractivity contribution in [1.29, 1.82) is 0 Å². The van der Waals surface area contributed by atoms with E-state index < -0.39 is 0 Å². The quantitative estimate of drug-likeness (QED) is 0.765. The Morgan fingerprint density at radius 3 is 2.18 bits per heavy atom. The van der Waals surface area contributed by atoms with Gasteiger partial charge in [-0.25, -0.2) is 15.0 Å². The molecule has 1 saturated heterocycles. The fourth-order valence-corrected chi connectivity index (χ4v) is 4.33. The lowest BCUT2D eigenvalue weighted by Crippen LogP contribution is -2.47. The number of hydrogen-bond donors (Lipinski definition) is 0. The van der Waals surface area contributed by atoms with Crippen molar-refractivity contribution in [3.63, 3.8) is 0 Å². The van der Waals surface area contributed by atoms with Gasteiger partial charge in [0.2, 0.25) is 0 Å². The second-order valence-electron chi connectivity index (χ2n) is 8.52. The summed E-state index contributed by atoms with van der Waals surface area (Å²) < 4.78 is 0. The fourth-order valence-electron chi connectivity index (χ4n) is 4.33. The van der Waals surface area contributed by atoms with E-state index in [4.69, 9.17) is 4.98 Å². The number of anilines is 3. The van der Waals surface area contributed by atoms with Gasteiger partial charge < -0.3 is 14.7 Å². The highest BCUT2D eigenvalue weighted by Gasteiger charge is 2.38. The molecule has 7 nitrogen and oxygen atoms in total. The Kier molecular flexibility index (Phi) is 4.53. The smallest absolute Gasteiger partial charge is 0.150 e. The Labute approximate surface area is 166 Å². The molecule has 0 atom stereocenters. The molecule has 0 N–H and O–H groups in total. The van der Waals surface area contributed by atoms with E-state index in [9.17, 15) is 0 Å². The van der Waals surface area contributed by atoms with E-state index >= 15 is 0 Å². The topological polar surface area (TPSA) is 61.3 Å². The summed E-state index contributed by atoms with van der Waals surface area (Å²) in [6.45, 7) is 2.08. The summed E-state index contributed by atoms with van der Waals surface area (Å²) in [6.07, 6.45) is 12.7. The van der Waals surface area contributed by atoms with Crippen LogP contribution in [0.25, 0.3) is 0 Å². The van der Waals surface area contributed by atoms with Crippen LogP contribution in [0.2, 0.25) is 0 Å². The lowest BCUT2D eigenvalue weighted by Gasteiger charge is -2.40. The van der Waals surface area contributed by atoms with Crippen LogP contribution in [-0.2, 0) is 0 Å². The van der Waals surface area contributed by atoms with Gasteiger partial charge in [0.25, 0.3) is 0 Å². The van der Waals surface area contributed by atoms with Crippen LogP contribution in [0.1, 0.15) is 50.1 Å². The molecule has 5 rings (SSSR count). The normalized spacial score (nSPS) is 20.3. The maximum absolute atomic E-state index is 4.69. The molecule has 3 fully saturated rings. The molecule has 2 saturated carbocycles. The average molecular weight is 380 g/mol. The van der Waals surface area contributed by atoms with Gasteiger partial charge in [-0.3, -0.25) is 4.98 Å². The highest BCUT2D eigenvalue weighted by molar-refractivity contribution is 5.52. The lowest BCUT2D eigenvalue weighted by molar-refractivity contribution is 0.456. The van der Waals surface area contributed by atoms with Crippen molar-refractivity contribution >= 4 is 17.5 Å². The molecular weight excluding hydrogens is 350 g/mol. The van der Waals surface area contributed by atoms with Gasteiger partial charge in [0.05, 0.1) is 5.69 Å². The van der Waals surface area contributed by atoms with Crippen LogP contribution in [0.15, 0.2) is 24.8 Å². The molecule has 28 heavy (non-hydrogen) atoms. The van der Waals surface area contributed by atoms with E-state index in [1.165, 1.54) is 31.4 Å². The third kappa shape index (κ3) is 3.50. The van der Waals surface area contributed by atoms with Crippen LogP contribution < -0.4 is 14.7 Å². The second-order valence-corrected chi connectivity index (χ2v) is 8.52. The van der Waals surface area contributed by atoms with Gasteiger partial charge >= 0.3 is 0 Å². The highest BCUT2D eigenvalue weighted by Crippen LogP contribution is 2.43. The average Bonchev–Trinajstić information content (AvgIpc) is 3.63. The molecule has 148 valence electrons. The van der Waals surface area contributed by atoms with Crippen molar-refractivity contribution in [1.82, 2.24) is 19.9 Å². The molecule has 0 spiro atoms. The molecule has 2 aromatic heterocycles. The van der Waals surface area contributed by atoms with E-state index in [1.54, 1.807) is 6.33 Å². The molecule has 2 aliphatic carbocycles. The third-order valence-electron chi connectivity index (χ3n) is 6.13. The molecule has 7 heteroatoms. The number of rotatable bonds is 6. The van der Waals surface area contributed by atoms with Crippen LogP contribution >= 0.6 is 0 Å². The van der Waals surface area contributed by atoms with Crippen molar-refractivity contribution < 1.29 is 0 Å². The maximum atomic E-state index is 4.69. The molecule has 3 heterocycles. The summed E-state index contributed by atoms with van der Waals surface area (Å²) in [6, 6.07) is 3.31. The van der Waals surface area contributed by atoms with Crippen molar-refractivity contribution in [3.05, 3.63) is 30.5 Å². The fraction of sp³-hybridized carbons (Fsp3) is 0.619. The summed E-state index contributed by atoms with van der Waals surface area (Å²) in [5.74, 6) is 3.81. The van der Waals surface area contributed by atoms with Gasteiger partial charge in [-0.05, 0) is 38.5 Å². The van der Waals surface area contributed by atoms with Crippen LogP contribution in [0, 0.1) is 0 Å². The van der Waals surface area contributed by atoms with Crippen LogP contribution in [0.4, 0.5) is 17.5 Å². The van der Waals surface area contributed by atoms with Gasteiger partial charge in [0.1, 0.15) is 18.0 Å². The molecule has 0 amide bonds. The summed E-state index contributed by atoms with van der Waals surface area (Å²) in [4.78, 5) is 25.4. The largest absolute Gasteiger partial charge is 0.363 e. The van der Waals surface area contributed by atoms with Gasteiger partial charge in [-0.15, -0.1) is 0 Å². The number of hydrogen-bond acceptors (Lipinski definition) is 7. The Bertz CT molecular complexity index is 823. The molecule has 0 bridgehead atoms. The Morgan fingerprint density at radius 2 is 1.50 bits per heavy atom. The second kappa shape index (κ2) is 7.18. The Hall–Kier alpha value is -2.44. The van der Waals surface area contributed by atoms with E-state index in [1.807, 2.05) is 31.4 Å². The van der Waals surface area contributed by atoms with Gasteiger partial charge in [-0.2, -0.15) is 0 Å². The van der Waals surface area contributed by atoms with Crippen LogP contribution in [-0.4, -0.2) is 59.2 Å². The van der Waals surface area contributed by atoms with Crippen molar-refractivity contribution in [2.45, 2.75) is 56.5 Å². The molecule has 0 radical (unpaired) electrons. The van der Waals surface area contributed by atoms with Crippen LogP contribution in [0.5, 0.6) is 0 Å². The van der Waals surface area contributed by atoms with Crippen molar-refractivity contribution in [2.75, 3.05) is 41.9 Å². The predicted molar refractivity (Wildman–Crippen MR) is 111 cm³/mol. The number of piperidine rings is 1. The van der Waals surface area contributed by atoms with Gasteiger partial charge in [-0.1, -0.05) is 0 Å². The Morgan fingerprint density at radius 1 is 0.821 bits per heavy atom. The zero-order valence-electron chi connectivity index (χ0n) is 16.8. The first-order chi connectivity index (χ1) is 13.7. The van der Waals surface area contributed by atoms with Gasteiger partial charge in [0, 0.05) is 63.6 Å². The minimum absolute atomic E-state index is 0.537. The summed E-state index contributed by atoms with van der Waals surface area (Å²) in [5, 5.41) is 0. The summed E-state index contributed by atoms with van der Waals surface area (Å²) >= 11 is 0. The van der Waals surface area contributed by atoms with E-state index in [2.05, 4.69) is 30.8 Å². The zero-order chi connectivity index (χ0) is 19.1. The van der Waals surface area contributed by atoms with E-state index in [0.717, 1.165) is 43.4 Å². The SMILES string of the molecule is CN(C)c1cc(N(C2CC2)C2CCN(c3nccnc3C3CC3)CC2)ncn1. The van der Waals surface area contributed by atoms with Gasteiger partial charge in [0.15, 0.2) is 5.82 Å². The molecular formula is C21H29N7. The lowest BCUT2D eigenvalue weighted by atomic mass is 10.0. The summed E-state index contributed by atoms with van der Waals surface area (Å²) in [5.41, 5.74) is 1.21. The molecule has 1 aliphatic heterocycles. The highest BCUT2D eigenvalue weighted by atomic mass is 15.3. The van der Waals surface area contributed by atoms with Crippen LogP contribution in [0.3, 0.4) is 0 Å². The molecule has 0 aromatic carbocycles. The third-order valence-corrected chi connectivity index (χ3v) is 6.13. The molecule has 2 aromatic rings. The van der Waals surface area contributed by atoms with Crippen molar-refractivity contribution in [3.8, 4) is 0 Å². The zero-order valence-corrected chi connectivity index (χ0v) is 16.8. The maximum Gasteiger partial charge on any atom is 0.150 e. The minimum atomic E-state index is 0.537.